The highest BCUT2D eigenvalue weighted by Crippen LogP contribution is 2.01. The zero-order valence-corrected chi connectivity index (χ0v) is 7.73. The summed E-state index contributed by atoms with van der Waals surface area (Å²) in [4.78, 5) is 0. The monoisotopic (exact) mass is 185 g/mol. The molecule has 0 aliphatic carbocycles. The number of hydrogen-bond acceptors (Lipinski definition) is 4. The van der Waals surface area contributed by atoms with Gasteiger partial charge >= 0.3 is 0 Å². The van der Waals surface area contributed by atoms with Gasteiger partial charge < -0.3 is 15.2 Å². The molecule has 0 spiro atoms. The Labute approximate surface area is 77.3 Å². The van der Waals surface area contributed by atoms with Gasteiger partial charge in [-0.25, -0.2) is 0 Å². The van der Waals surface area contributed by atoms with Crippen LogP contribution in [0.2, 0.25) is 0 Å². The molecule has 0 amide bonds. The number of aromatic nitrogens is 2. The number of aliphatic hydroxyl groups excluding tert-OH is 1. The fraction of sp³-hybridized carbons (Fsp3) is 0.625. The fourth-order valence-corrected chi connectivity index (χ4v) is 0.947. The zero-order valence-electron chi connectivity index (χ0n) is 7.73. The standard InChI is InChI=1S/C8H15N3O2/c1-11-7-8(6-10-11)9-2-4-13-5-3-12/h6-7,9,12H,2-5H2,1H3. The Kier molecular flexibility index (Phi) is 4.28. The largest absolute Gasteiger partial charge is 0.394 e. The first-order valence-corrected chi connectivity index (χ1v) is 4.24. The second kappa shape index (κ2) is 5.55. The molecule has 1 aromatic heterocycles. The second-order valence-electron chi connectivity index (χ2n) is 2.67. The molecule has 0 bridgehead atoms. The van der Waals surface area contributed by atoms with Crippen LogP contribution in [0.1, 0.15) is 0 Å². The molecule has 0 atom stereocenters. The molecule has 0 saturated heterocycles. The van der Waals surface area contributed by atoms with E-state index in [1.165, 1.54) is 0 Å². The molecule has 74 valence electrons. The topological polar surface area (TPSA) is 59.3 Å². The van der Waals surface area contributed by atoms with Crippen molar-refractivity contribution in [3.8, 4) is 0 Å². The normalized spacial score (nSPS) is 10.3. The summed E-state index contributed by atoms with van der Waals surface area (Å²) in [7, 11) is 1.87. The van der Waals surface area contributed by atoms with Crippen LogP contribution >= 0.6 is 0 Å². The molecule has 0 radical (unpaired) electrons. The molecule has 1 rings (SSSR count). The van der Waals surface area contributed by atoms with Crippen LogP contribution in [0.5, 0.6) is 0 Å². The molecular weight excluding hydrogens is 170 g/mol. The lowest BCUT2D eigenvalue weighted by Gasteiger charge is -2.03. The van der Waals surface area contributed by atoms with Gasteiger partial charge in [0.1, 0.15) is 0 Å². The lowest BCUT2D eigenvalue weighted by Crippen LogP contribution is -2.10. The molecule has 13 heavy (non-hydrogen) atoms. The van der Waals surface area contributed by atoms with Crippen molar-refractivity contribution < 1.29 is 9.84 Å². The van der Waals surface area contributed by atoms with Crippen LogP contribution in [-0.2, 0) is 11.8 Å². The first kappa shape index (κ1) is 10.0. The number of ether oxygens (including phenoxy) is 1. The minimum Gasteiger partial charge on any atom is -0.394 e. The van der Waals surface area contributed by atoms with E-state index < -0.39 is 0 Å². The Morgan fingerprint density at radius 1 is 1.62 bits per heavy atom. The van der Waals surface area contributed by atoms with Gasteiger partial charge in [0.05, 0.1) is 31.7 Å². The Hall–Kier alpha value is -1.07. The minimum atomic E-state index is 0.0763. The van der Waals surface area contributed by atoms with E-state index in [1.54, 1.807) is 10.9 Å². The van der Waals surface area contributed by atoms with E-state index in [-0.39, 0.29) is 6.61 Å². The molecule has 5 heteroatoms. The number of nitrogens with zero attached hydrogens (tertiary/aromatic N) is 2. The summed E-state index contributed by atoms with van der Waals surface area (Å²) in [5.41, 5.74) is 0.982. The minimum absolute atomic E-state index is 0.0763. The molecule has 0 aromatic carbocycles. The first-order chi connectivity index (χ1) is 6.33. The maximum Gasteiger partial charge on any atom is 0.0727 e. The van der Waals surface area contributed by atoms with Gasteiger partial charge in [0.15, 0.2) is 0 Å². The molecule has 0 saturated carbocycles. The third-order valence-electron chi connectivity index (χ3n) is 1.52. The molecule has 0 aliphatic heterocycles. The molecule has 1 aromatic rings. The van der Waals surface area contributed by atoms with Gasteiger partial charge in [0, 0.05) is 19.8 Å². The molecule has 2 N–H and O–H groups in total. The van der Waals surface area contributed by atoms with Crippen molar-refractivity contribution >= 4 is 5.69 Å². The van der Waals surface area contributed by atoms with Gasteiger partial charge in [-0.1, -0.05) is 0 Å². The van der Waals surface area contributed by atoms with Crippen molar-refractivity contribution in [3.05, 3.63) is 12.4 Å². The van der Waals surface area contributed by atoms with Crippen LogP contribution in [0.15, 0.2) is 12.4 Å². The summed E-state index contributed by atoms with van der Waals surface area (Å²) in [6.45, 7) is 1.79. The van der Waals surface area contributed by atoms with Crippen molar-refractivity contribution in [1.82, 2.24) is 9.78 Å². The average Bonchev–Trinajstić information content (AvgIpc) is 2.51. The Morgan fingerprint density at radius 2 is 2.46 bits per heavy atom. The van der Waals surface area contributed by atoms with Crippen LogP contribution in [0.3, 0.4) is 0 Å². The van der Waals surface area contributed by atoms with Crippen LogP contribution in [0, 0.1) is 0 Å². The van der Waals surface area contributed by atoms with E-state index in [9.17, 15) is 0 Å². The van der Waals surface area contributed by atoms with E-state index in [4.69, 9.17) is 9.84 Å². The number of aliphatic hydroxyl groups is 1. The van der Waals surface area contributed by atoms with Crippen molar-refractivity contribution in [2.24, 2.45) is 7.05 Å². The van der Waals surface area contributed by atoms with E-state index in [0.29, 0.717) is 13.2 Å². The quantitative estimate of drug-likeness (QED) is 0.605. The van der Waals surface area contributed by atoms with Crippen LogP contribution in [0.25, 0.3) is 0 Å². The zero-order chi connectivity index (χ0) is 9.52. The smallest absolute Gasteiger partial charge is 0.0727 e. The van der Waals surface area contributed by atoms with Gasteiger partial charge in [-0.3, -0.25) is 4.68 Å². The highest BCUT2D eigenvalue weighted by atomic mass is 16.5. The van der Waals surface area contributed by atoms with Crippen LogP contribution < -0.4 is 5.32 Å². The number of aryl methyl sites for hydroxylation is 1. The summed E-state index contributed by atoms with van der Waals surface area (Å²) in [6.07, 6.45) is 3.65. The highest BCUT2D eigenvalue weighted by Gasteiger charge is 1.93. The van der Waals surface area contributed by atoms with Gasteiger partial charge in [0.2, 0.25) is 0 Å². The van der Waals surface area contributed by atoms with Crippen molar-refractivity contribution in [2.75, 3.05) is 31.7 Å². The van der Waals surface area contributed by atoms with E-state index in [1.807, 2.05) is 13.2 Å². The Balaban J connectivity index is 2.06. The summed E-state index contributed by atoms with van der Waals surface area (Å²) >= 11 is 0. The van der Waals surface area contributed by atoms with Crippen molar-refractivity contribution in [3.63, 3.8) is 0 Å². The molecule has 5 nitrogen and oxygen atoms in total. The van der Waals surface area contributed by atoms with Gasteiger partial charge in [-0.15, -0.1) is 0 Å². The summed E-state index contributed by atoms with van der Waals surface area (Å²) in [5, 5.41) is 15.6. The van der Waals surface area contributed by atoms with Gasteiger partial charge in [-0.2, -0.15) is 5.10 Å². The lowest BCUT2D eigenvalue weighted by molar-refractivity contribution is 0.0992. The van der Waals surface area contributed by atoms with E-state index in [0.717, 1.165) is 12.2 Å². The number of hydrogen-bond donors (Lipinski definition) is 2. The van der Waals surface area contributed by atoms with Gasteiger partial charge in [-0.05, 0) is 0 Å². The summed E-state index contributed by atoms with van der Waals surface area (Å²) < 4.78 is 6.80. The van der Waals surface area contributed by atoms with E-state index >= 15 is 0 Å². The predicted molar refractivity (Wildman–Crippen MR) is 49.6 cm³/mol. The summed E-state index contributed by atoms with van der Waals surface area (Å²) in [5.74, 6) is 0. The van der Waals surface area contributed by atoms with Crippen molar-refractivity contribution in [2.45, 2.75) is 0 Å². The van der Waals surface area contributed by atoms with E-state index in [2.05, 4.69) is 10.4 Å². The first-order valence-electron chi connectivity index (χ1n) is 4.24. The van der Waals surface area contributed by atoms with Gasteiger partial charge in [0.25, 0.3) is 0 Å². The fourth-order valence-electron chi connectivity index (χ4n) is 0.947. The average molecular weight is 185 g/mol. The van der Waals surface area contributed by atoms with Crippen LogP contribution in [-0.4, -0.2) is 41.3 Å². The number of nitrogens with one attached hydrogen (secondary N) is 1. The SMILES string of the molecule is Cn1cc(NCCOCCO)cn1. The molecule has 1 heterocycles. The predicted octanol–water partition coefficient (Wildman–Crippen LogP) is -0.159. The van der Waals surface area contributed by atoms with Crippen molar-refractivity contribution in [1.29, 1.82) is 0 Å². The molecular formula is C8H15N3O2. The maximum absolute atomic E-state index is 8.43. The Morgan fingerprint density at radius 3 is 3.08 bits per heavy atom. The summed E-state index contributed by atoms with van der Waals surface area (Å²) in [6, 6.07) is 0. The molecule has 0 fully saturated rings. The third kappa shape index (κ3) is 3.91. The number of rotatable bonds is 6. The molecule has 0 aliphatic rings. The number of anilines is 1. The molecule has 0 unspecified atom stereocenters. The maximum atomic E-state index is 8.43. The highest BCUT2D eigenvalue weighted by molar-refractivity contribution is 5.37. The Bertz CT molecular complexity index is 237. The van der Waals surface area contributed by atoms with Crippen LogP contribution in [0.4, 0.5) is 5.69 Å². The third-order valence-corrected chi connectivity index (χ3v) is 1.52. The second-order valence-corrected chi connectivity index (χ2v) is 2.67. The lowest BCUT2D eigenvalue weighted by atomic mass is 10.5.